The maximum absolute atomic E-state index is 2.17. The minimum absolute atomic E-state index is 1.39. The van der Waals surface area contributed by atoms with Gasteiger partial charge in [-0.15, -0.1) is 0 Å². The van der Waals surface area contributed by atoms with Crippen molar-refractivity contribution in [3.63, 3.8) is 0 Å². The Hall–Kier alpha value is 0.0996. The molecule has 1 heterocycles. The Morgan fingerprint density at radius 1 is 1.33 bits per heavy atom. The SMILES string of the molecule is [Te]=C1C=Cc2ccsc21. The van der Waals surface area contributed by atoms with Crippen LogP contribution in [-0.2, 0) is 0 Å². The van der Waals surface area contributed by atoms with Crippen LogP contribution in [0.25, 0.3) is 6.08 Å². The van der Waals surface area contributed by atoms with Crippen molar-refractivity contribution in [2.75, 3.05) is 0 Å². The number of allylic oxidation sites excluding steroid dienone is 1. The standard InChI is InChI=1S/C7H4STe/c9-6-2-1-5-3-4-8-7(5)6/h1-4H. The summed E-state index contributed by atoms with van der Waals surface area (Å²) >= 11 is 3.91. The van der Waals surface area contributed by atoms with Crippen molar-refractivity contribution >= 4 is 42.8 Å². The van der Waals surface area contributed by atoms with Gasteiger partial charge in [-0.3, -0.25) is 0 Å². The summed E-state index contributed by atoms with van der Waals surface area (Å²) < 4.78 is 1.41. The van der Waals surface area contributed by atoms with E-state index in [1.807, 2.05) is 11.3 Å². The van der Waals surface area contributed by atoms with Gasteiger partial charge in [0.15, 0.2) is 0 Å². The summed E-state index contributed by atoms with van der Waals surface area (Å²) in [5.41, 5.74) is 1.39. The van der Waals surface area contributed by atoms with Gasteiger partial charge in [0.05, 0.1) is 0 Å². The Morgan fingerprint density at radius 2 is 2.22 bits per heavy atom. The molecule has 0 unspecified atom stereocenters. The molecule has 0 nitrogen and oxygen atoms in total. The van der Waals surface area contributed by atoms with Crippen molar-refractivity contribution < 1.29 is 0 Å². The fourth-order valence-corrected chi connectivity index (χ4v) is 2.64. The average molecular weight is 248 g/mol. The first-order valence-corrected chi connectivity index (χ1v) is 4.72. The van der Waals surface area contributed by atoms with Gasteiger partial charge < -0.3 is 0 Å². The molecule has 2 heteroatoms. The molecule has 0 aliphatic heterocycles. The van der Waals surface area contributed by atoms with E-state index in [9.17, 15) is 0 Å². The Balaban J connectivity index is 2.73. The summed E-state index contributed by atoms with van der Waals surface area (Å²) in [4.78, 5) is 1.44. The van der Waals surface area contributed by atoms with Crippen LogP contribution in [0.1, 0.15) is 10.4 Å². The molecule has 1 aliphatic rings. The summed E-state index contributed by atoms with van der Waals surface area (Å²) in [6.45, 7) is 0. The van der Waals surface area contributed by atoms with E-state index in [2.05, 4.69) is 45.4 Å². The molecule has 0 atom stereocenters. The molecule has 0 fully saturated rings. The van der Waals surface area contributed by atoms with Crippen LogP contribution in [-0.4, -0.2) is 25.4 Å². The van der Waals surface area contributed by atoms with Gasteiger partial charge in [0, 0.05) is 0 Å². The molecular weight excluding hydrogens is 244 g/mol. The molecule has 0 aromatic carbocycles. The fourth-order valence-electron chi connectivity index (χ4n) is 0.892. The van der Waals surface area contributed by atoms with E-state index in [0.29, 0.717) is 0 Å². The zero-order chi connectivity index (χ0) is 6.27. The summed E-state index contributed by atoms with van der Waals surface area (Å²) in [6.07, 6.45) is 4.34. The van der Waals surface area contributed by atoms with Crippen LogP contribution >= 0.6 is 11.3 Å². The molecule has 0 saturated heterocycles. The van der Waals surface area contributed by atoms with Crippen LogP contribution in [0.15, 0.2) is 17.5 Å². The van der Waals surface area contributed by atoms with Crippen LogP contribution in [0.5, 0.6) is 0 Å². The molecule has 0 radical (unpaired) electrons. The normalized spacial score (nSPS) is 14.4. The number of rotatable bonds is 0. The van der Waals surface area contributed by atoms with Gasteiger partial charge in [-0.25, -0.2) is 0 Å². The zero-order valence-electron chi connectivity index (χ0n) is 4.63. The average Bonchev–Trinajstić information content (AvgIpc) is 2.35. The molecule has 2 rings (SSSR count). The van der Waals surface area contributed by atoms with E-state index < -0.39 is 0 Å². The van der Waals surface area contributed by atoms with Gasteiger partial charge in [-0.1, -0.05) is 0 Å². The summed E-state index contributed by atoms with van der Waals surface area (Å²) in [5.74, 6) is 0. The molecule has 1 aromatic heterocycles. The van der Waals surface area contributed by atoms with Gasteiger partial charge >= 0.3 is 70.7 Å². The maximum atomic E-state index is 2.17. The number of fused-ring (bicyclic) bond motifs is 1. The predicted octanol–water partition coefficient (Wildman–Crippen LogP) is 1.46. The van der Waals surface area contributed by atoms with Crippen LogP contribution in [0.3, 0.4) is 0 Å². The molecule has 0 bridgehead atoms. The minimum atomic E-state index is 1.39. The van der Waals surface area contributed by atoms with E-state index in [1.54, 1.807) is 0 Å². The topological polar surface area (TPSA) is 0 Å². The number of hydrogen-bond donors (Lipinski definition) is 0. The van der Waals surface area contributed by atoms with E-state index >= 15 is 0 Å². The monoisotopic (exact) mass is 250 g/mol. The molecule has 9 heavy (non-hydrogen) atoms. The second-order valence-corrected chi connectivity index (χ2v) is 4.07. The molecular formula is C7H4STe. The van der Waals surface area contributed by atoms with E-state index in [1.165, 1.54) is 14.0 Å². The van der Waals surface area contributed by atoms with Gasteiger partial charge in [0.2, 0.25) is 0 Å². The molecule has 44 valence electrons. The van der Waals surface area contributed by atoms with Crippen molar-refractivity contribution in [1.82, 2.24) is 0 Å². The predicted molar refractivity (Wildman–Crippen MR) is 43.2 cm³/mol. The van der Waals surface area contributed by atoms with Crippen LogP contribution < -0.4 is 0 Å². The van der Waals surface area contributed by atoms with Crippen LogP contribution in [0, 0.1) is 0 Å². The van der Waals surface area contributed by atoms with Crippen molar-refractivity contribution in [3.8, 4) is 0 Å². The van der Waals surface area contributed by atoms with Crippen molar-refractivity contribution in [1.29, 1.82) is 0 Å². The summed E-state index contributed by atoms with van der Waals surface area (Å²) in [5, 5.41) is 2.14. The van der Waals surface area contributed by atoms with Crippen LogP contribution in [0.2, 0.25) is 0 Å². The summed E-state index contributed by atoms with van der Waals surface area (Å²) in [7, 11) is 0. The summed E-state index contributed by atoms with van der Waals surface area (Å²) in [6, 6.07) is 2.16. The van der Waals surface area contributed by atoms with E-state index in [4.69, 9.17) is 0 Å². The third-order valence-corrected chi connectivity index (χ3v) is 3.67. The molecule has 0 N–H and O–H groups in total. The van der Waals surface area contributed by atoms with E-state index in [0.717, 1.165) is 0 Å². The van der Waals surface area contributed by atoms with E-state index in [-0.39, 0.29) is 0 Å². The third kappa shape index (κ3) is 0.826. The Labute approximate surface area is 70.6 Å². The Kier molecular flexibility index (Phi) is 1.34. The number of thiophene rings is 1. The number of hydrogen-bond acceptors (Lipinski definition) is 1. The van der Waals surface area contributed by atoms with Crippen molar-refractivity contribution in [2.24, 2.45) is 0 Å². The Bertz CT molecular complexity index is 283. The second-order valence-electron chi connectivity index (χ2n) is 1.90. The van der Waals surface area contributed by atoms with Gasteiger partial charge in [0.1, 0.15) is 0 Å². The molecule has 1 aromatic rings. The van der Waals surface area contributed by atoms with Crippen molar-refractivity contribution in [2.45, 2.75) is 0 Å². The van der Waals surface area contributed by atoms with Gasteiger partial charge in [-0.05, 0) is 0 Å². The zero-order valence-corrected chi connectivity index (χ0v) is 7.77. The third-order valence-electron chi connectivity index (χ3n) is 1.33. The molecule has 0 saturated carbocycles. The quantitative estimate of drug-likeness (QED) is 0.609. The Morgan fingerprint density at radius 3 is 3.00 bits per heavy atom. The first-order chi connectivity index (χ1) is 4.38. The van der Waals surface area contributed by atoms with Gasteiger partial charge in [-0.2, -0.15) is 0 Å². The first-order valence-electron chi connectivity index (χ1n) is 2.68. The van der Waals surface area contributed by atoms with Gasteiger partial charge in [0.25, 0.3) is 0 Å². The molecule has 1 aliphatic carbocycles. The fraction of sp³-hybridized carbons (Fsp3) is 0. The molecule has 0 amide bonds. The first kappa shape index (κ1) is 5.85. The second kappa shape index (κ2) is 2.05. The molecule has 0 spiro atoms. The van der Waals surface area contributed by atoms with Crippen LogP contribution in [0.4, 0.5) is 0 Å². The van der Waals surface area contributed by atoms with Crippen molar-refractivity contribution in [3.05, 3.63) is 28.0 Å².